The molecule has 0 radical (unpaired) electrons. The van der Waals surface area contributed by atoms with Gasteiger partial charge < -0.3 is 9.64 Å². The van der Waals surface area contributed by atoms with E-state index in [1.807, 2.05) is 11.6 Å². The number of aromatic nitrogens is 2. The zero-order valence-corrected chi connectivity index (χ0v) is 14.4. The number of halogens is 1. The fraction of sp³-hybridized carbons (Fsp3) is 0.474. The van der Waals surface area contributed by atoms with Gasteiger partial charge in [0.1, 0.15) is 18.2 Å². The van der Waals surface area contributed by atoms with Gasteiger partial charge in [-0.1, -0.05) is 12.8 Å². The van der Waals surface area contributed by atoms with E-state index in [2.05, 4.69) is 5.10 Å². The smallest absolute Gasteiger partial charge is 0.257 e. The second kappa shape index (κ2) is 6.50. The number of fused-ring (bicyclic) bond motifs is 1. The number of amides is 1. The van der Waals surface area contributed by atoms with E-state index in [4.69, 9.17) is 4.74 Å². The van der Waals surface area contributed by atoms with Gasteiger partial charge >= 0.3 is 0 Å². The number of hydrogen-bond acceptors (Lipinski definition) is 3. The highest BCUT2D eigenvalue weighted by Crippen LogP contribution is 2.31. The van der Waals surface area contributed by atoms with E-state index in [1.165, 1.54) is 25.0 Å². The molecule has 5 nitrogen and oxygen atoms in total. The lowest BCUT2D eigenvalue weighted by molar-refractivity contribution is 0.0732. The molecule has 25 heavy (non-hydrogen) atoms. The van der Waals surface area contributed by atoms with Crippen molar-refractivity contribution in [1.29, 1.82) is 0 Å². The first-order valence-electron chi connectivity index (χ1n) is 8.88. The maximum Gasteiger partial charge on any atom is 0.257 e. The van der Waals surface area contributed by atoms with Crippen LogP contribution in [0.3, 0.4) is 0 Å². The average Bonchev–Trinajstić information content (AvgIpc) is 3.19. The van der Waals surface area contributed by atoms with Crippen LogP contribution in [-0.2, 0) is 6.54 Å². The lowest BCUT2D eigenvalue weighted by Gasteiger charge is -2.20. The Labute approximate surface area is 146 Å². The molecule has 1 fully saturated rings. The van der Waals surface area contributed by atoms with E-state index in [0.29, 0.717) is 42.6 Å². The second-order valence-electron chi connectivity index (χ2n) is 6.85. The molecule has 1 saturated carbocycles. The molecule has 6 heteroatoms. The number of nitrogens with zero attached hydrogens (tertiary/aromatic N) is 3. The summed E-state index contributed by atoms with van der Waals surface area (Å²) in [5, 5.41) is 4.47. The molecule has 132 valence electrons. The summed E-state index contributed by atoms with van der Waals surface area (Å²) in [4.78, 5) is 14.7. The maximum atomic E-state index is 13.5. The Balaban J connectivity index is 1.58. The molecule has 1 aliphatic heterocycles. The van der Waals surface area contributed by atoms with Crippen LogP contribution in [0, 0.1) is 12.7 Å². The van der Waals surface area contributed by atoms with Crippen LogP contribution in [-0.4, -0.2) is 33.7 Å². The molecule has 4 rings (SSSR count). The minimum absolute atomic E-state index is 0.0672. The van der Waals surface area contributed by atoms with Gasteiger partial charge in [-0.2, -0.15) is 5.10 Å². The maximum absolute atomic E-state index is 13.5. The first-order valence-corrected chi connectivity index (χ1v) is 8.88. The number of carbonyl (C=O) groups excluding carboxylic acids is 1. The Morgan fingerprint density at radius 1 is 1.32 bits per heavy atom. The summed E-state index contributed by atoms with van der Waals surface area (Å²) in [6.07, 6.45) is 6.37. The Bertz CT molecular complexity index is 796. The van der Waals surface area contributed by atoms with Crippen LogP contribution >= 0.6 is 0 Å². The Hall–Kier alpha value is -2.37. The van der Waals surface area contributed by atoms with Crippen LogP contribution in [0.2, 0.25) is 0 Å². The second-order valence-corrected chi connectivity index (χ2v) is 6.85. The van der Waals surface area contributed by atoms with Gasteiger partial charge in [-0.15, -0.1) is 0 Å². The molecule has 1 aromatic heterocycles. The summed E-state index contributed by atoms with van der Waals surface area (Å²) in [6.45, 7) is 3.18. The van der Waals surface area contributed by atoms with Crippen molar-refractivity contribution in [2.45, 2.75) is 45.2 Å². The Kier molecular flexibility index (Phi) is 4.19. The molecule has 0 saturated heterocycles. The predicted octanol–water partition coefficient (Wildman–Crippen LogP) is 3.48. The van der Waals surface area contributed by atoms with E-state index >= 15 is 0 Å². The fourth-order valence-corrected chi connectivity index (χ4v) is 3.86. The average molecular weight is 343 g/mol. The van der Waals surface area contributed by atoms with Gasteiger partial charge in [0, 0.05) is 17.8 Å². The molecule has 2 aliphatic rings. The number of ether oxygens (including phenoxy) is 1. The van der Waals surface area contributed by atoms with Crippen molar-refractivity contribution in [2.75, 3.05) is 13.2 Å². The molecule has 0 spiro atoms. The fourth-order valence-electron chi connectivity index (χ4n) is 3.86. The van der Waals surface area contributed by atoms with Gasteiger partial charge in [0.05, 0.1) is 24.3 Å². The van der Waals surface area contributed by atoms with Crippen molar-refractivity contribution in [3.8, 4) is 5.75 Å². The summed E-state index contributed by atoms with van der Waals surface area (Å²) in [5.74, 6) is 0.263. The number of rotatable bonds is 2. The van der Waals surface area contributed by atoms with E-state index in [9.17, 15) is 9.18 Å². The summed E-state index contributed by atoms with van der Waals surface area (Å²) in [7, 11) is 0. The third-order valence-corrected chi connectivity index (χ3v) is 5.24. The molecule has 1 aliphatic carbocycles. The van der Waals surface area contributed by atoms with Crippen LogP contribution in [0.25, 0.3) is 0 Å². The van der Waals surface area contributed by atoms with Crippen LogP contribution in [0.15, 0.2) is 24.4 Å². The van der Waals surface area contributed by atoms with Crippen molar-refractivity contribution < 1.29 is 13.9 Å². The lowest BCUT2D eigenvalue weighted by Crippen LogP contribution is -2.32. The minimum Gasteiger partial charge on any atom is -0.491 e. The van der Waals surface area contributed by atoms with Crippen molar-refractivity contribution in [3.63, 3.8) is 0 Å². The van der Waals surface area contributed by atoms with Crippen LogP contribution in [0.4, 0.5) is 4.39 Å². The molecule has 0 atom stereocenters. The van der Waals surface area contributed by atoms with Crippen molar-refractivity contribution in [1.82, 2.24) is 14.7 Å². The minimum atomic E-state index is -0.318. The SMILES string of the molecule is Cc1c(C(=O)N2CCOc3ccc(F)cc3C2)cnn1C1CCCC1. The Morgan fingerprint density at radius 3 is 2.92 bits per heavy atom. The highest BCUT2D eigenvalue weighted by atomic mass is 19.1. The van der Waals surface area contributed by atoms with E-state index in [-0.39, 0.29) is 11.7 Å². The summed E-state index contributed by atoms with van der Waals surface area (Å²) >= 11 is 0. The highest BCUT2D eigenvalue weighted by Gasteiger charge is 2.27. The van der Waals surface area contributed by atoms with Gasteiger partial charge in [0.2, 0.25) is 0 Å². The zero-order valence-electron chi connectivity index (χ0n) is 14.4. The molecule has 0 N–H and O–H groups in total. The first-order chi connectivity index (χ1) is 12.1. The molecule has 0 unspecified atom stereocenters. The van der Waals surface area contributed by atoms with Crippen LogP contribution < -0.4 is 4.74 Å². The van der Waals surface area contributed by atoms with Gasteiger partial charge in [0.15, 0.2) is 0 Å². The van der Waals surface area contributed by atoms with Crippen molar-refractivity contribution in [2.24, 2.45) is 0 Å². The predicted molar refractivity (Wildman–Crippen MR) is 91.1 cm³/mol. The monoisotopic (exact) mass is 343 g/mol. The van der Waals surface area contributed by atoms with Gasteiger partial charge in [-0.05, 0) is 38.0 Å². The molecule has 2 aromatic rings. The molecule has 2 heterocycles. The summed E-state index contributed by atoms with van der Waals surface area (Å²) in [5.41, 5.74) is 2.25. The number of benzene rings is 1. The van der Waals surface area contributed by atoms with Crippen LogP contribution in [0.5, 0.6) is 5.75 Å². The lowest BCUT2D eigenvalue weighted by atomic mass is 10.1. The van der Waals surface area contributed by atoms with Crippen molar-refractivity contribution in [3.05, 3.63) is 47.0 Å². The van der Waals surface area contributed by atoms with E-state index in [0.717, 1.165) is 18.5 Å². The summed E-state index contributed by atoms with van der Waals surface area (Å²) in [6, 6.07) is 4.85. The van der Waals surface area contributed by atoms with Gasteiger partial charge in [-0.25, -0.2) is 4.39 Å². The standard InChI is InChI=1S/C19H22FN3O2/c1-13-17(11-21-23(13)16-4-2-3-5-16)19(24)22-8-9-25-18-7-6-15(20)10-14(18)12-22/h6-7,10-11,16H,2-5,8-9,12H2,1H3. The largest absolute Gasteiger partial charge is 0.491 e. The third kappa shape index (κ3) is 3.01. The first kappa shape index (κ1) is 16.1. The van der Waals surface area contributed by atoms with E-state index < -0.39 is 0 Å². The van der Waals surface area contributed by atoms with Crippen molar-refractivity contribution >= 4 is 5.91 Å². The van der Waals surface area contributed by atoms with Crippen LogP contribution in [0.1, 0.15) is 53.3 Å². The molecule has 1 aromatic carbocycles. The molecule has 0 bridgehead atoms. The van der Waals surface area contributed by atoms with Gasteiger partial charge in [-0.3, -0.25) is 9.48 Å². The molecular weight excluding hydrogens is 321 g/mol. The highest BCUT2D eigenvalue weighted by molar-refractivity contribution is 5.95. The normalized spacial score (nSPS) is 17.9. The third-order valence-electron chi connectivity index (χ3n) is 5.24. The Morgan fingerprint density at radius 2 is 2.12 bits per heavy atom. The zero-order chi connectivity index (χ0) is 17.4. The summed E-state index contributed by atoms with van der Waals surface area (Å²) < 4.78 is 21.2. The topological polar surface area (TPSA) is 47.4 Å². The number of carbonyl (C=O) groups is 1. The number of hydrogen-bond donors (Lipinski definition) is 0. The molecule has 1 amide bonds. The molecular formula is C19H22FN3O2. The van der Waals surface area contributed by atoms with E-state index in [1.54, 1.807) is 17.2 Å². The quantitative estimate of drug-likeness (QED) is 0.839. The van der Waals surface area contributed by atoms with Gasteiger partial charge in [0.25, 0.3) is 5.91 Å².